The van der Waals surface area contributed by atoms with Gasteiger partial charge < -0.3 is 11.1 Å². The summed E-state index contributed by atoms with van der Waals surface area (Å²) in [6, 6.07) is 0. The van der Waals surface area contributed by atoms with Crippen LogP contribution < -0.4 is 11.1 Å². The van der Waals surface area contributed by atoms with Gasteiger partial charge in [-0.25, -0.2) is 0 Å². The second-order valence-corrected chi connectivity index (χ2v) is 6.60. The maximum absolute atomic E-state index is 12.6. The topological polar surface area (TPSA) is 55.1 Å². The van der Waals surface area contributed by atoms with Crippen LogP contribution in [0.25, 0.3) is 0 Å². The molecule has 1 rings (SSSR count). The summed E-state index contributed by atoms with van der Waals surface area (Å²) in [7, 11) is 0. The quantitative estimate of drug-likeness (QED) is 0.838. The molecule has 1 amide bonds. The van der Waals surface area contributed by atoms with Gasteiger partial charge in [-0.05, 0) is 26.0 Å². The van der Waals surface area contributed by atoms with Crippen molar-refractivity contribution in [1.29, 1.82) is 0 Å². The molecule has 1 atom stereocenters. The maximum atomic E-state index is 12.6. The monoisotopic (exact) mass is 298 g/mol. The van der Waals surface area contributed by atoms with Crippen LogP contribution in [0.4, 0.5) is 13.2 Å². The van der Waals surface area contributed by atoms with Crippen LogP contribution in [0.3, 0.4) is 0 Å². The third-order valence-electron chi connectivity index (χ3n) is 3.83. The number of hydrogen-bond donors (Lipinski definition) is 2. The van der Waals surface area contributed by atoms with Crippen molar-refractivity contribution in [1.82, 2.24) is 5.32 Å². The van der Waals surface area contributed by atoms with E-state index in [0.29, 0.717) is 6.92 Å². The van der Waals surface area contributed by atoms with E-state index in [-0.39, 0.29) is 11.3 Å². The summed E-state index contributed by atoms with van der Waals surface area (Å²) < 4.78 is 37.8. The largest absolute Gasteiger partial charge is 0.415 e. The van der Waals surface area contributed by atoms with Crippen molar-refractivity contribution in [2.45, 2.75) is 55.5 Å². The van der Waals surface area contributed by atoms with Crippen LogP contribution in [-0.2, 0) is 4.79 Å². The Morgan fingerprint density at radius 3 is 2.26 bits per heavy atom. The van der Waals surface area contributed by atoms with E-state index in [1.54, 1.807) is 11.8 Å². The van der Waals surface area contributed by atoms with Crippen LogP contribution in [0, 0.1) is 0 Å². The lowest BCUT2D eigenvalue weighted by Gasteiger charge is -2.37. The van der Waals surface area contributed by atoms with Crippen molar-refractivity contribution >= 4 is 17.7 Å². The third-order valence-corrected chi connectivity index (χ3v) is 5.25. The first-order valence-electron chi connectivity index (χ1n) is 6.34. The SMILES string of the molecule is CSC1(CNC(=O)C(C)(N)C(F)(F)F)CCCCC1. The molecule has 1 fully saturated rings. The summed E-state index contributed by atoms with van der Waals surface area (Å²) in [5.74, 6) is -1.15. The average Bonchev–Trinajstić information content (AvgIpc) is 2.35. The van der Waals surface area contributed by atoms with Gasteiger partial charge >= 0.3 is 6.18 Å². The van der Waals surface area contributed by atoms with Gasteiger partial charge in [-0.15, -0.1) is 0 Å². The fraction of sp³-hybridized carbons (Fsp3) is 0.917. The van der Waals surface area contributed by atoms with Crippen LogP contribution in [0.1, 0.15) is 39.0 Å². The highest BCUT2D eigenvalue weighted by Crippen LogP contribution is 2.38. The summed E-state index contributed by atoms with van der Waals surface area (Å²) >= 11 is 1.62. The Hall–Kier alpha value is -0.430. The molecule has 7 heteroatoms. The lowest BCUT2D eigenvalue weighted by molar-refractivity contribution is -0.187. The highest BCUT2D eigenvalue weighted by Gasteiger charge is 2.54. The zero-order valence-electron chi connectivity index (χ0n) is 11.3. The molecule has 0 aromatic rings. The van der Waals surface area contributed by atoms with E-state index in [1.807, 2.05) is 6.26 Å². The smallest absolute Gasteiger partial charge is 0.353 e. The van der Waals surface area contributed by atoms with Crippen molar-refractivity contribution in [2.75, 3.05) is 12.8 Å². The molecule has 0 aromatic carbocycles. The second kappa shape index (κ2) is 5.91. The Morgan fingerprint density at radius 2 is 1.84 bits per heavy atom. The molecule has 0 aliphatic heterocycles. The molecule has 1 saturated carbocycles. The molecule has 1 aliphatic carbocycles. The fourth-order valence-electron chi connectivity index (χ4n) is 2.20. The molecule has 0 heterocycles. The van der Waals surface area contributed by atoms with Crippen molar-refractivity contribution in [3.63, 3.8) is 0 Å². The predicted octanol–water partition coefficient (Wildman–Crippen LogP) is 2.45. The minimum absolute atomic E-state index is 0.143. The van der Waals surface area contributed by atoms with Gasteiger partial charge in [0.25, 0.3) is 0 Å². The Bertz CT molecular complexity index is 325. The molecule has 0 saturated heterocycles. The number of thioether (sulfide) groups is 1. The fourth-order valence-corrected chi connectivity index (χ4v) is 3.12. The summed E-state index contributed by atoms with van der Waals surface area (Å²) in [6.07, 6.45) is 2.28. The first-order chi connectivity index (χ1) is 8.65. The number of nitrogens with one attached hydrogen (secondary N) is 1. The molecule has 3 N–H and O–H groups in total. The molecule has 0 spiro atoms. The average molecular weight is 298 g/mol. The normalized spacial score (nSPS) is 22.6. The molecular formula is C12H21F3N2OS. The lowest BCUT2D eigenvalue weighted by Crippen LogP contribution is -2.62. The molecular weight excluding hydrogens is 277 g/mol. The number of rotatable bonds is 4. The Balaban J connectivity index is 2.62. The van der Waals surface area contributed by atoms with Gasteiger partial charge in [0.1, 0.15) is 0 Å². The van der Waals surface area contributed by atoms with Gasteiger partial charge in [0.05, 0.1) is 0 Å². The number of carbonyl (C=O) groups is 1. The molecule has 19 heavy (non-hydrogen) atoms. The maximum Gasteiger partial charge on any atom is 0.415 e. The number of halogens is 3. The van der Waals surface area contributed by atoms with Crippen LogP contribution in [-0.4, -0.2) is 35.2 Å². The second-order valence-electron chi connectivity index (χ2n) is 5.33. The van der Waals surface area contributed by atoms with Gasteiger partial charge in [-0.3, -0.25) is 4.79 Å². The molecule has 3 nitrogen and oxygen atoms in total. The van der Waals surface area contributed by atoms with Crippen molar-refractivity contribution < 1.29 is 18.0 Å². The molecule has 0 bridgehead atoms. The number of alkyl halides is 3. The number of hydrogen-bond acceptors (Lipinski definition) is 3. The minimum atomic E-state index is -4.74. The Kier molecular flexibility index (Phi) is 5.17. The molecule has 1 unspecified atom stereocenters. The Labute approximate surface area is 115 Å². The van der Waals surface area contributed by atoms with Gasteiger partial charge in [-0.1, -0.05) is 19.3 Å². The van der Waals surface area contributed by atoms with E-state index in [9.17, 15) is 18.0 Å². The number of carbonyl (C=O) groups excluding carboxylic acids is 1. The van der Waals surface area contributed by atoms with Crippen LogP contribution in [0.15, 0.2) is 0 Å². The van der Waals surface area contributed by atoms with Gasteiger partial charge in [0.2, 0.25) is 5.91 Å². The van der Waals surface area contributed by atoms with Crippen molar-refractivity contribution in [3.8, 4) is 0 Å². The van der Waals surface area contributed by atoms with Crippen LogP contribution in [0.2, 0.25) is 0 Å². The Morgan fingerprint density at radius 1 is 1.32 bits per heavy atom. The minimum Gasteiger partial charge on any atom is -0.353 e. The van der Waals surface area contributed by atoms with Crippen LogP contribution >= 0.6 is 11.8 Å². The summed E-state index contributed by atoms with van der Waals surface area (Å²) in [5, 5.41) is 2.39. The van der Waals surface area contributed by atoms with Gasteiger partial charge in [-0.2, -0.15) is 24.9 Å². The zero-order valence-corrected chi connectivity index (χ0v) is 12.1. The standard InChI is InChI=1S/C12H21F3N2OS/c1-10(16,12(13,14)15)9(18)17-8-11(19-2)6-4-3-5-7-11/h3-8,16H2,1-2H3,(H,17,18). The highest BCUT2D eigenvalue weighted by atomic mass is 32.2. The predicted molar refractivity (Wildman–Crippen MR) is 71.0 cm³/mol. The molecule has 112 valence electrons. The number of amides is 1. The first kappa shape index (κ1) is 16.6. The van der Waals surface area contributed by atoms with E-state index < -0.39 is 17.6 Å². The first-order valence-corrected chi connectivity index (χ1v) is 7.56. The molecule has 1 aliphatic rings. The third kappa shape index (κ3) is 3.78. The molecule has 0 aromatic heterocycles. The summed E-state index contributed by atoms with van der Waals surface area (Å²) in [4.78, 5) is 11.6. The van der Waals surface area contributed by atoms with E-state index in [2.05, 4.69) is 5.32 Å². The van der Waals surface area contributed by atoms with E-state index in [1.165, 1.54) is 0 Å². The van der Waals surface area contributed by atoms with Crippen LogP contribution in [0.5, 0.6) is 0 Å². The van der Waals surface area contributed by atoms with E-state index >= 15 is 0 Å². The summed E-state index contributed by atoms with van der Waals surface area (Å²) in [6.45, 7) is 0.949. The lowest BCUT2D eigenvalue weighted by atomic mass is 9.88. The van der Waals surface area contributed by atoms with Crippen molar-refractivity contribution in [2.24, 2.45) is 5.73 Å². The van der Waals surface area contributed by atoms with E-state index in [4.69, 9.17) is 5.73 Å². The number of nitrogens with two attached hydrogens (primary N) is 1. The molecule has 0 radical (unpaired) electrons. The van der Waals surface area contributed by atoms with E-state index in [0.717, 1.165) is 32.1 Å². The highest BCUT2D eigenvalue weighted by molar-refractivity contribution is 8.00. The van der Waals surface area contributed by atoms with Crippen molar-refractivity contribution in [3.05, 3.63) is 0 Å². The summed E-state index contributed by atoms with van der Waals surface area (Å²) in [5.41, 5.74) is 2.26. The zero-order chi connectivity index (χ0) is 14.7. The van der Waals surface area contributed by atoms with Gasteiger partial charge in [0.15, 0.2) is 5.54 Å². The van der Waals surface area contributed by atoms with Gasteiger partial charge in [0, 0.05) is 11.3 Å².